The van der Waals surface area contributed by atoms with Gasteiger partial charge in [0.1, 0.15) is 0 Å². The van der Waals surface area contributed by atoms with E-state index in [0.717, 1.165) is 22.8 Å². The number of rotatable bonds is 3. The normalized spacial score (nSPS) is 10.6. The quantitative estimate of drug-likeness (QED) is 0.855. The van der Waals surface area contributed by atoms with Crippen molar-refractivity contribution in [1.29, 1.82) is 0 Å². The van der Waals surface area contributed by atoms with Gasteiger partial charge in [0.15, 0.2) is 0 Å². The Labute approximate surface area is 93.7 Å². The number of carboxylic acids is 1. The van der Waals surface area contributed by atoms with Crippen LogP contribution in [-0.2, 0) is 17.6 Å². The highest BCUT2D eigenvalue weighted by Gasteiger charge is 2.06. The Bertz CT molecular complexity index is 534. The number of pyridine rings is 1. The van der Waals surface area contributed by atoms with E-state index in [4.69, 9.17) is 5.11 Å². The molecule has 82 valence electrons. The first kappa shape index (κ1) is 10.6. The lowest BCUT2D eigenvalue weighted by Gasteiger charge is -2.05. The summed E-state index contributed by atoms with van der Waals surface area (Å²) in [7, 11) is 0. The van der Waals surface area contributed by atoms with Gasteiger partial charge in [-0.05, 0) is 22.9 Å². The van der Waals surface area contributed by atoms with Crippen LogP contribution < -0.4 is 0 Å². The highest BCUT2D eigenvalue weighted by Crippen LogP contribution is 2.20. The van der Waals surface area contributed by atoms with Crippen LogP contribution in [0.4, 0.5) is 0 Å². The molecule has 0 fully saturated rings. The molecule has 0 atom stereocenters. The Morgan fingerprint density at radius 1 is 1.38 bits per heavy atom. The van der Waals surface area contributed by atoms with E-state index in [1.807, 2.05) is 6.07 Å². The molecule has 0 amide bonds. The standard InChI is InChI=1S/C13H13NO2/c1-2-9-3-4-10-7-14-8-11(6-13(15)16)12(10)5-9/h3-5,7-8H,2,6H2,1H3,(H,15,16). The van der Waals surface area contributed by atoms with Crippen LogP contribution in [0.5, 0.6) is 0 Å². The lowest BCUT2D eigenvalue weighted by Crippen LogP contribution is -2.01. The van der Waals surface area contributed by atoms with Crippen LogP contribution in [0.25, 0.3) is 10.8 Å². The zero-order valence-corrected chi connectivity index (χ0v) is 9.10. The number of aryl methyl sites for hydroxylation is 1. The van der Waals surface area contributed by atoms with Gasteiger partial charge in [-0.1, -0.05) is 25.1 Å². The molecule has 16 heavy (non-hydrogen) atoms. The van der Waals surface area contributed by atoms with Crippen LogP contribution in [0.1, 0.15) is 18.1 Å². The maximum absolute atomic E-state index is 10.7. The number of aliphatic carboxylic acids is 1. The molecule has 0 radical (unpaired) electrons. The molecule has 0 spiro atoms. The zero-order chi connectivity index (χ0) is 11.5. The minimum atomic E-state index is -0.823. The zero-order valence-electron chi connectivity index (χ0n) is 9.10. The average molecular weight is 215 g/mol. The molecule has 2 aromatic rings. The number of nitrogens with zero attached hydrogens (tertiary/aromatic N) is 1. The molecular weight excluding hydrogens is 202 g/mol. The lowest BCUT2D eigenvalue weighted by molar-refractivity contribution is -0.136. The third kappa shape index (κ3) is 2.03. The first-order chi connectivity index (χ1) is 7.70. The Kier molecular flexibility index (Phi) is 2.86. The van der Waals surface area contributed by atoms with Crippen molar-refractivity contribution in [1.82, 2.24) is 4.98 Å². The van der Waals surface area contributed by atoms with Crippen LogP contribution in [0.2, 0.25) is 0 Å². The lowest BCUT2D eigenvalue weighted by atomic mass is 10.0. The second kappa shape index (κ2) is 4.31. The summed E-state index contributed by atoms with van der Waals surface area (Å²) in [5, 5.41) is 10.8. The molecule has 0 aliphatic carbocycles. The topological polar surface area (TPSA) is 50.2 Å². The molecule has 1 N–H and O–H groups in total. The fourth-order valence-electron chi connectivity index (χ4n) is 1.79. The Hall–Kier alpha value is -1.90. The number of carboxylic acid groups (broad SMARTS) is 1. The van der Waals surface area contributed by atoms with Gasteiger partial charge in [-0.3, -0.25) is 9.78 Å². The largest absolute Gasteiger partial charge is 0.481 e. The molecule has 0 aliphatic rings. The van der Waals surface area contributed by atoms with Gasteiger partial charge < -0.3 is 5.11 Å². The van der Waals surface area contributed by atoms with E-state index in [-0.39, 0.29) is 6.42 Å². The summed E-state index contributed by atoms with van der Waals surface area (Å²) in [6.07, 6.45) is 4.37. The summed E-state index contributed by atoms with van der Waals surface area (Å²) in [5.41, 5.74) is 1.99. The van der Waals surface area contributed by atoms with Crippen LogP contribution in [0, 0.1) is 0 Å². The molecule has 3 nitrogen and oxygen atoms in total. The molecular formula is C13H13NO2. The average Bonchev–Trinajstić information content (AvgIpc) is 2.28. The highest BCUT2D eigenvalue weighted by atomic mass is 16.4. The van der Waals surface area contributed by atoms with E-state index >= 15 is 0 Å². The molecule has 0 bridgehead atoms. The van der Waals surface area contributed by atoms with E-state index in [1.54, 1.807) is 12.4 Å². The summed E-state index contributed by atoms with van der Waals surface area (Å²) in [6.45, 7) is 2.08. The Morgan fingerprint density at radius 2 is 2.19 bits per heavy atom. The minimum absolute atomic E-state index is 0.0253. The van der Waals surface area contributed by atoms with Gasteiger partial charge in [-0.15, -0.1) is 0 Å². The molecule has 0 saturated heterocycles. The van der Waals surface area contributed by atoms with Crippen molar-refractivity contribution in [2.75, 3.05) is 0 Å². The molecule has 1 aromatic carbocycles. The number of aromatic nitrogens is 1. The summed E-state index contributed by atoms with van der Waals surface area (Å²) >= 11 is 0. The van der Waals surface area contributed by atoms with Crippen LogP contribution >= 0.6 is 0 Å². The summed E-state index contributed by atoms with van der Waals surface area (Å²) in [5.74, 6) is -0.823. The molecule has 2 rings (SSSR count). The number of fused-ring (bicyclic) bond motifs is 1. The summed E-state index contributed by atoms with van der Waals surface area (Å²) < 4.78 is 0. The summed E-state index contributed by atoms with van der Waals surface area (Å²) in [6, 6.07) is 6.09. The Balaban J connectivity index is 2.59. The van der Waals surface area contributed by atoms with Gasteiger partial charge >= 0.3 is 5.97 Å². The van der Waals surface area contributed by atoms with Crippen molar-refractivity contribution in [3.63, 3.8) is 0 Å². The molecule has 1 aromatic heterocycles. The first-order valence-electron chi connectivity index (χ1n) is 5.28. The second-order valence-electron chi connectivity index (χ2n) is 3.78. The van der Waals surface area contributed by atoms with Gasteiger partial charge in [-0.25, -0.2) is 0 Å². The van der Waals surface area contributed by atoms with Gasteiger partial charge in [0, 0.05) is 17.8 Å². The molecule has 0 saturated carbocycles. The fourth-order valence-corrected chi connectivity index (χ4v) is 1.79. The van der Waals surface area contributed by atoms with Crippen molar-refractivity contribution in [3.8, 4) is 0 Å². The van der Waals surface area contributed by atoms with Gasteiger partial charge in [0.2, 0.25) is 0 Å². The number of benzene rings is 1. The van der Waals surface area contributed by atoms with Gasteiger partial charge in [0.05, 0.1) is 6.42 Å². The van der Waals surface area contributed by atoms with Crippen molar-refractivity contribution in [2.24, 2.45) is 0 Å². The number of carbonyl (C=O) groups is 1. The predicted molar refractivity (Wildman–Crippen MR) is 62.5 cm³/mol. The van der Waals surface area contributed by atoms with Gasteiger partial charge in [-0.2, -0.15) is 0 Å². The van der Waals surface area contributed by atoms with Crippen LogP contribution in [-0.4, -0.2) is 16.1 Å². The van der Waals surface area contributed by atoms with E-state index in [0.29, 0.717) is 0 Å². The predicted octanol–water partition coefficient (Wildman–Crippen LogP) is 2.42. The minimum Gasteiger partial charge on any atom is -0.481 e. The SMILES string of the molecule is CCc1ccc2cncc(CC(=O)O)c2c1. The van der Waals surface area contributed by atoms with E-state index in [9.17, 15) is 4.79 Å². The number of hydrogen-bond acceptors (Lipinski definition) is 2. The van der Waals surface area contributed by atoms with Crippen molar-refractivity contribution >= 4 is 16.7 Å². The Morgan fingerprint density at radius 3 is 2.88 bits per heavy atom. The summed E-state index contributed by atoms with van der Waals surface area (Å²) in [4.78, 5) is 14.8. The van der Waals surface area contributed by atoms with E-state index < -0.39 is 5.97 Å². The maximum atomic E-state index is 10.7. The number of hydrogen-bond donors (Lipinski definition) is 1. The fraction of sp³-hybridized carbons (Fsp3) is 0.231. The molecule has 3 heteroatoms. The van der Waals surface area contributed by atoms with Gasteiger partial charge in [0.25, 0.3) is 0 Å². The third-order valence-corrected chi connectivity index (χ3v) is 2.66. The second-order valence-corrected chi connectivity index (χ2v) is 3.78. The van der Waals surface area contributed by atoms with E-state index in [2.05, 4.69) is 24.0 Å². The van der Waals surface area contributed by atoms with Crippen molar-refractivity contribution in [2.45, 2.75) is 19.8 Å². The molecule has 0 aliphatic heterocycles. The van der Waals surface area contributed by atoms with Crippen molar-refractivity contribution in [3.05, 3.63) is 41.7 Å². The molecule has 1 heterocycles. The van der Waals surface area contributed by atoms with Crippen LogP contribution in [0.3, 0.4) is 0 Å². The van der Waals surface area contributed by atoms with Crippen LogP contribution in [0.15, 0.2) is 30.6 Å². The highest BCUT2D eigenvalue weighted by molar-refractivity contribution is 5.88. The smallest absolute Gasteiger partial charge is 0.307 e. The molecule has 0 unspecified atom stereocenters. The van der Waals surface area contributed by atoms with E-state index in [1.165, 1.54) is 5.56 Å². The maximum Gasteiger partial charge on any atom is 0.307 e. The van der Waals surface area contributed by atoms with Crippen molar-refractivity contribution < 1.29 is 9.90 Å². The monoisotopic (exact) mass is 215 g/mol. The third-order valence-electron chi connectivity index (χ3n) is 2.66. The first-order valence-corrected chi connectivity index (χ1v) is 5.28.